The summed E-state index contributed by atoms with van der Waals surface area (Å²) in [6.07, 6.45) is -13.4. The van der Waals surface area contributed by atoms with Crippen LogP contribution >= 0.6 is 15.6 Å². The van der Waals surface area contributed by atoms with Crippen LogP contribution in [0.25, 0.3) is 22.3 Å². The second kappa shape index (κ2) is 10.9. The Kier molecular flexibility index (Phi) is 7.36. The van der Waals surface area contributed by atoms with Gasteiger partial charge in [-0.25, -0.2) is 27.9 Å². The molecule has 4 aromatic heterocycles. The Morgan fingerprint density at radius 3 is 1.57 bits per heavy atom. The molecule has 0 aliphatic carbocycles. The number of H-pyrrole nitrogens is 2. The number of nitrogen functional groups attached to an aromatic ring is 2. The summed E-state index contributed by atoms with van der Waals surface area (Å²) in [5.41, 5.74) is 8.77. The highest BCUT2D eigenvalue weighted by atomic mass is 31.2. The van der Waals surface area contributed by atoms with Crippen LogP contribution in [0.2, 0.25) is 0 Å². The molecule has 46 heavy (non-hydrogen) atoms. The first-order valence-corrected chi connectivity index (χ1v) is 16.1. The van der Waals surface area contributed by atoms with Gasteiger partial charge < -0.3 is 30.7 Å². The highest BCUT2D eigenvalue weighted by Crippen LogP contribution is 2.54. The molecular formula is C20H22F2N10O12P2. The lowest BCUT2D eigenvalue weighted by molar-refractivity contribution is -0.0662. The number of phosphoric acid groups is 2. The maximum Gasteiger partial charge on any atom is 0.472 e. The molecule has 3 aliphatic heterocycles. The molecule has 4 aromatic rings. The number of anilines is 2. The van der Waals surface area contributed by atoms with Crippen LogP contribution in [-0.2, 0) is 36.7 Å². The Morgan fingerprint density at radius 2 is 1.17 bits per heavy atom. The van der Waals surface area contributed by atoms with Gasteiger partial charge in [0.05, 0.1) is 25.9 Å². The second-order valence-corrected chi connectivity index (χ2v) is 13.1. The number of ether oxygens (including phenoxy) is 2. The number of phosphoric ester groups is 2. The van der Waals surface area contributed by atoms with Crippen molar-refractivity contribution in [2.45, 2.75) is 49.2 Å². The molecule has 7 rings (SSSR count). The number of aromatic amines is 2. The Hall–Kier alpha value is -3.70. The van der Waals surface area contributed by atoms with Crippen molar-refractivity contribution in [2.24, 2.45) is 0 Å². The Balaban J connectivity index is 1.18. The third-order valence-electron chi connectivity index (χ3n) is 7.30. The predicted molar refractivity (Wildman–Crippen MR) is 144 cm³/mol. The fourth-order valence-electron chi connectivity index (χ4n) is 5.32. The molecule has 3 aliphatic rings. The molecule has 7 heterocycles. The molecular weight excluding hydrogens is 672 g/mol. The monoisotopic (exact) mass is 694 g/mol. The van der Waals surface area contributed by atoms with Gasteiger partial charge in [-0.3, -0.25) is 46.8 Å². The van der Waals surface area contributed by atoms with Gasteiger partial charge in [0.1, 0.15) is 24.4 Å². The van der Waals surface area contributed by atoms with E-state index in [9.17, 15) is 28.5 Å². The molecule has 22 nitrogen and oxygen atoms in total. The fraction of sp³-hybridized carbons (Fsp3) is 0.500. The number of hydrogen-bond acceptors (Lipinski definition) is 16. The van der Waals surface area contributed by atoms with Crippen molar-refractivity contribution in [3.05, 3.63) is 33.4 Å². The topological polar surface area (TPSA) is 309 Å². The van der Waals surface area contributed by atoms with Crippen LogP contribution in [0.5, 0.6) is 0 Å². The summed E-state index contributed by atoms with van der Waals surface area (Å²) in [6, 6.07) is 0. The molecule has 248 valence electrons. The number of rotatable bonds is 2. The molecule has 10 atom stereocenters. The SMILES string of the molecule is Nc1nc2c(ncn2[C@@H]2O[C@@H]3COP(=O)(O)OC4[C@@H](COP(=O)(O)OC3[C@@H]2F)O[C@@H](n2cnc3c(=O)[nH]c(N)nc32)[C@H]4F)c(=O)[nH]1. The van der Waals surface area contributed by atoms with Crippen LogP contribution in [0.1, 0.15) is 12.5 Å². The quantitative estimate of drug-likeness (QED) is 0.136. The van der Waals surface area contributed by atoms with Crippen LogP contribution in [-0.4, -0.2) is 98.8 Å². The van der Waals surface area contributed by atoms with Crippen molar-refractivity contribution < 1.29 is 55.3 Å². The van der Waals surface area contributed by atoms with Crippen molar-refractivity contribution in [1.29, 1.82) is 0 Å². The highest BCUT2D eigenvalue weighted by molar-refractivity contribution is 7.47. The van der Waals surface area contributed by atoms with E-state index < -0.39 is 89.2 Å². The number of aromatic nitrogens is 8. The average molecular weight is 694 g/mol. The maximum atomic E-state index is 15.9. The third kappa shape index (κ3) is 5.31. The van der Waals surface area contributed by atoms with Crippen LogP contribution < -0.4 is 22.6 Å². The first-order valence-electron chi connectivity index (χ1n) is 13.1. The smallest absolute Gasteiger partial charge is 0.369 e. The lowest BCUT2D eigenvalue weighted by Gasteiger charge is -2.27. The lowest BCUT2D eigenvalue weighted by atomic mass is 10.1. The Morgan fingerprint density at radius 1 is 0.783 bits per heavy atom. The van der Waals surface area contributed by atoms with Gasteiger partial charge in [-0.2, -0.15) is 9.97 Å². The Bertz CT molecular complexity index is 1910. The number of hydrogen-bond donors (Lipinski definition) is 6. The average Bonchev–Trinajstić information content (AvgIpc) is 3.72. The molecule has 8 N–H and O–H groups in total. The molecule has 0 saturated carbocycles. The van der Waals surface area contributed by atoms with Crippen molar-refractivity contribution in [2.75, 3.05) is 24.7 Å². The van der Waals surface area contributed by atoms with E-state index in [2.05, 4.69) is 29.9 Å². The largest absolute Gasteiger partial charge is 0.472 e. The summed E-state index contributed by atoms with van der Waals surface area (Å²) < 4.78 is 91.0. The van der Waals surface area contributed by atoms with Crippen molar-refractivity contribution >= 4 is 49.9 Å². The third-order valence-corrected chi connectivity index (χ3v) is 9.27. The van der Waals surface area contributed by atoms with Gasteiger partial charge in [0.15, 0.2) is 47.1 Å². The lowest BCUT2D eigenvalue weighted by Crippen LogP contribution is -2.37. The van der Waals surface area contributed by atoms with Gasteiger partial charge >= 0.3 is 15.6 Å². The summed E-state index contributed by atoms with van der Waals surface area (Å²) in [6.45, 7) is -1.98. The van der Waals surface area contributed by atoms with E-state index in [1.54, 1.807) is 0 Å². The number of fused-ring (bicyclic) bond motifs is 4. The zero-order valence-corrected chi connectivity index (χ0v) is 24.4. The second-order valence-electron chi connectivity index (χ2n) is 10.2. The van der Waals surface area contributed by atoms with E-state index in [0.29, 0.717) is 0 Å². The number of halogens is 2. The van der Waals surface area contributed by atoms with E-state index in [1.165, 1.54) is 0 Å². The highest BCUT2D eigenvalue weighted by Gasteiger charge is 2.55. The van der Waals surface area contributed by atoms with Crippen molar-refractivity contribution in [3.63, 3.8) is 0 Å². The van der Waals surface area contributed by atoms with Gasteiger partial charge in [0, 0.05) is 0 Å². The number of nitrogens with two attached hydrogens (primary N) is 2. The Labute approximate surface area is 251 Å². The molecule has 3 fully saturated rings. The van der Waals surface area contributed by atoms with Crippen molar-refractivity contribution in [1.82, 2.24) is 39.0 Å². The first kappa shape index (κ1) is 30.9. The minimum Gasteiger partial charge on any atom is -0.369 e. The summed E-state index contributed by atoms with van der Waals surface area (Å²) in [5, 5.41) is 0. The molecule has 0 radical (unpaired) electrons. The summed E-state index contributed by atoms with van der Waals surface area (Å²) in [4.78, 5) is 65.3. The molecule has 0 amide bonds. The molecule has 0 aromatic carbocycles. The predicted octanol–water partition coefficient (Wildman–Crippen LogP) is -1.09. The van der Waals surface area contributed by atoms with E-state index in [4.69, 9.17) is 39.0 Å². The van der Waals surface area contributed by atoms with Crippen LogP contribution in [0, 0.1) is 0 Å². The number of imidazole rings is 2. The molecule has 26 heteroatoms. The van der Waals surface area contributed by atoms with Gasteiger partial charge in [0.25, 0.3) is 11.1 Å². The zero-order valence-electron chi connectivity index (χ0n) is 22.7. The van der Waals surface area contributed by atoms with E-state index >= 15 is 8.78 Å². The molecule has 0 bridgehead atoms. The minimum atomic E-state index is -5.22. The maximum absolute atomic E-state index is 15.9. The molecule has 3 saturated heterocycles. The number of nitrogens with zero attached hydrogens (tertiary/aromatic N) is 6. The van der Waals surface area contributed by atoms with Gasteiger partial charge in [0.2, 0.25) is 11.9 Å². The van der Waals surface area contributed by atoms with Crippen LogP contribution in [0.4, 0.5) is 20.7 Å². The van der Waals surface area contributed by atoms with Gasteiger partial charge in [-0.1, -0.05) is 0 Å². The molecule has 4 unspecified atom stereocenters. The van der Waals surface area contributed by atoms with Gasteiger partial charge in [-0.05, 0) is 0 Å². The van der Waals surface area contributed by atoms with Gasteiger partial charge in [-0.15, -0.1) is 0 Å². The number of nitrogens with one attached hydrogen (secondary N) is 2. The summed E-state index contributed by atoms with van der Waals surface area (Å²) in [5.74, 6) is -0.663. The normalized spacial score (nSPS) is 37.1. The standard InChI is InChI=1S/C20H22F2N10O12P2/c21-7-11-5(41-17(7)31-3-25-9-13(31)27-19(23)29-15(9)33)1-39-45(35,36)44-12-6(2-40-46(37,38)43-11)42-18(8(12)22)32-4-26-10-14(32)28-20(24)30-16(10)34/h3-8,11-12,17-18H,1-2H2,(H,35,36)(H,37,38)(H3,23,27,29,33)(H3,24,28,30,34)/t5-,6-,7+,8+,11?,12?,17-,18-/m1/s1. The fourth-order valence-corrected chi connectivity index (χ4v) is 7.23. The van der Waals surface area contributed by atoms with Crippen LogP contribution in [0.3, 0.4) is 0 Å². The number of alkyl halides is 2. The first-order chi connectivity index (χ1) is 21.7. The van der Waals surface area contributed by atoms with E-state index in [1.807, 2.05) is 0 Å². The van der Waals surface area contributed by atoms with E-state index in [-0.39, 0.29) is 34.2 Å². The molecule has 0 spiro atoms. The zero-order chi connectivity index (χ0) is 32.7. The summed E-state index contributed by atoms with van der Waals surface area (Å²) in [7, 11) is -10.4. The van der Waals surface area contributed by atoms with Crippen molar-refractivity contribution in [3.8, 4) is 0 Å². The summed E-state index contributed by atoms with van der Waals surface area (Å²) >= 11 is 0. The minimum absolute atomic E-state index is 0.214. The van der Waals surface area contributed by atoms with E-state index in [0.717, 1.165) is 21.8 Å². The van der Waals surface area contributed by atoms with Crippen LogP contribution in [0.15, 0.2) is 22.2 Å².